The van der Waals surface area contributed by atoms with Crippen LogP contribution in [0, 0.1) is 0 Å². The molecule has 1 heterocycles. The molecule has 2 N–H and O–H groups in total. The Morgan fingerprint density at radius 1 is 1.22 bits per heavy atom. The molecule has 2 aliphatic carbocycles. The van der Waals surface area contributed by atoms with Crippen LogP contribution < -0.4 is 10.6 Å². The molecule has 6 nitrogen and oxygen atoms in total. The summed E-state index contributed by atoms with van der Waals surface area (Å²) in [4.78, 5) is 12.0. The molecule has 1 aromatic carbocycles. The molecule has 27 heavy (non-hydrogen) atoms. The summed E-state index contributed by atoms with van der Waals surface area (Å²) in [6.45, 7) is 5.58. The molecular weight excluding hydrogens is 360 g/mol. The summed E-state index contributed by atoms with van der Waals surface area (Å²) in [7, 11) is 0. The maximum Gasteiger partial charge on any atom is 0.412 e. The van der Waals surface area contributed by atoms with Gasteiger partial charge in [-0.25, -0.2) is 4.79 Å². The molecule has 1 aromatic heterocycles. The normalized spacial score (nSPS) is 19.3. The fraction of sp³-hybridized carbons (Fsp3) is 0.550. The third-order valence-electron chi connectivity index (χ3n) is 4.77. The van der Waals surface area contributed by atoms with Gasteiger partial charge in [0.25, 0.3) is 0 Å². The Labute approximate surface area is 163 Å². The van der Waals surface area contributed by atoms with E-state index in [1.165, 1.54) is 24.0 Å². The number of carbonyl (C=O) groups is 1. The topological polar surface area (TPSA) is 76.1 Å². The Hall–Kier alpha value is -2.15. The Balaban J connectivity index is 1.45. The second-order valence-electron chi connectivity index (χ2n) is 8.35. The van der Waals surface area contributed by atoms with Gasteiger partial charge in [0, 0.05) is 11.6 Å². The van der Waals surface area contributed by atoms with Gasteiger partial charge in [-0.15, -0.1) is 10.2 Å². The van der Waals surface area contributed by atoms with Crippen LogP contribution in [-0.2, 0) is 11.2 Å². The third kappa shape index (κ3) is 4.58. The van der Waals surface area contributed by atoms with Gasteiger partial charge in [-0.2, -0.15) is 0 Å². The first-order valence-electron chi connectivity index (χ1n) is 9.60. The Morgan fingerprint density at radius 3 is 2.78 bits per heavy atom. The number of rotatable bonds is 4. The average Bonchev–Trinajstić information content (AvgIpc) is 3.33. The molecule has 1 amide bonds. The molecule has 0 bridgehead atoms. The Bertz CT molecular complexity index is 839. The van der Waals surface area contributed by atoms with E-state index in [9.17, 15) is 4.79 Å². The van der Waals surface area contributed by atoms with E-state index in [4.69, 9.17) is 4.74 Å². The zero-order chi connectivity index (χ0) is 19.0. The largest absolute Gasteiger partial charge is 0.444 e. The maximum atomic E-state index is 12.0. The molecular formula is C20H26N4O2S. The fourth-order valence-electron chi connectivity index (χ4n) is 3.40. The summed E-state index contributed by atoms with van der Waals surface area (Å²) < 4.78 is 5.34. The van der Waals surface area contributed by atoms with Crippen LogP contribution in [0.25, 0.3) is 0 Å². The van der Waals surface area contributed by atoms with Crippen molar-refractivity contribution in [2.75, 3.05) is 10.6 Å². The van der Waals surface area contributed by atoms with Crippen LogP contribution in [0.5, 0.6) is 0 Å². The van der Waals surface area contributed by atoms with Gasteiger partial charge in [-0.3, -0.25) is 5.32 Å². The summed E-state index contributed by atoms with van der Waals surface area (Å²) in [6, 6.07) is 6.34. The molecule has 4 rings (SSSR count). The lowest BCUT2D eigenvalue weighted by atomic mass is 9.87. The standard InChI is InChI=1S/C20H26N4O2S/c1-20(2,3)26-19(25)21-14-9-10-15-13(11-14)5-4-6-16(15)22-18-24-23-17(27-18)12-7-8-12/h9-12,16H,4-8H2,1-3H3,(H,21,25)(H,22,24). The highest BCUT2D eigenvalue weighted by atomic mass is 32.1. The van der Waals surface area contributed by atoms with Crippen molar-refractivity contribution in [3.05, 3.63) is 34.3 Å². The fourth-order valence-corrected chi connectivity index (χ4v) is 4.37. The molecule has 7 heteroatoms. The van der Waals surface area contributed by atoms with Crippen molar-refractivity contribution in [1.29, 1.82) is 0 Å². The number of aromatic nitrogens is 2. The lowest BCUT2D eigenvalue weighted by Crippen LogP contribution is -2.27. The van der Waals surface area contributed by atoms with Crippen LogP contribution in [0.15, 0.2) is 18.2 Å². The molecule has 0 aliphatic heterocycles. The Kier molecular flexibility index (Phi) is 4.80. The van der Waals surface area contributed by atoms with Gasteiger partial charge in [-0.05, 0) is 76.1 Å². The number of aryl methyl sites for hydroxylation is 1. The molecule has 144 valence electrons. The van der Waals surface area contributed by atoms with E-state index >= 15 is 0 Å². The minimum Gasteiger partial charge on any atom is -0.444 e. The molecule has 2 aromatic rings. The van der Waals surface area contributed by atoms with Crippen LogP contribution in [0.2, 0.25) is 0 Å². The summed E-state index contributed by atoms with van der Waals surface area (Å²) >= 11 is 1.68. The number of amides is 1. The molecule has 1 fully saturated rings. The quantitative estimate of drug-likeness (QED) is 0.750. The monoisotopic (exact) mass is 386 g/mol. The van der Waals surface area contributed by atoms with Crippen LogP contribution in [-0.4, -0.2) is 21.9 Å². The molecule has 0 radical (unpaired) electrons. The van der Waals surface area contributed by atoms with Crippen molar-refractivity contribution >= 4 is 28.2 Å². The molecule has 1 saturated carbocycles. The van der Waals surface area contributed by atoms with E-state index in [1.807, 2.05) is 26.8 Å². The van der Waals surface area contributed by atoms with Crippen molar-refractivity contribution < 1.29 is 9.53 Å². The van der Waals surface area contributed by atoms with Gasteiger partial charge >= 0.3 is 6.09 Å². The summed E-state index contributed by atoms with van der Waals surface area (Å²) in [6.07, 6.45) is 5.26. The lowest BCUT2D eigenvalue weighted by Gasteiger charge is -2.27. The number of carbonyl (C=O) groups excluding carboxylic acids is 1. The first-order chi connectivity index (χ1) is 12.9. The van der Waals surface area contributed by atoms with E-state index in [1.54, 1.807) is 11.3 Å². The van der Waals surface area contributed by atoms with Crippen molar-refractivity contribution in [3.8, 4) is 0 Å². The maximum absolute atomic E-state index is 12.0. The zero-order valence-corrected chi connectivity index (χ0v) is 16.9. The highest BCUT2D eigenvalue weighted by molar-refractivity contribution is 7.15. The van der Waals surface area contributed by atoms with Gasteiger partial charge in [0.2, 0.25) is 5.13 Å². The average molecular weight is 387 g/mol. The molecule has 1 atom stereocenters. The Morgan fingerprint density at radius 2 is 2.04 bits per heavy atom. The van der Waals surface area contributed by atoms with E-state index in [0.29, 0.717) is 5.92 Å². The molecule has 1 unspecified atom stereocenters. The first kappa shape index (κ1) is 18.2. The number of hydrogen-bond donors (Lipinski definition) is 2. The minimum atomic E-state index is -0.506. The number of ether oxygens (including phenoxy) is 1. The van der Waals surface area contributed by atoms with E-state index in [0.717, 1.165) is 35.1 Å². The van der Waals surface area contributed by atoms with Gasteiger partial charge in [0.1, 0.15) is 10.6 Å². The van der Waals surface area contributed by atoms with Gasteiger partial charge in [-0.1, -0.05) is 17.4 Å². The van der Waals surface area contributed by atoms with E-state index in [2.05, 4.69) is 33.0 Å². The van der Waals surface area contributed by atoms with Crippen molar-refractivity contribution in [2.45, 2.75) is 70.4 Å². The van der Waals surface area contributed by atoms with Crippen LogP contribution in [0.3, 0.4) is 0 Å². The van der Waals surface area contributed by atoms with Crippen molar-refractivity contribution in [2.24, 2.45) is 0 Å². The smallest absolute Gasteiger partial charge is 0.412 e. The summed E-state index contributed by atoms with van der Waals surface area (Å²) in [5.74, 6) is 0.637. The van der Waals surface area contributed by atoms with E-state index in [-0.39, 0.29) is 6.04 Å². The third-order valence-corrected chi connectivity index (χ3v) is 5.78. The highest BCUT2D eigenvalue weighted by Gasteiger charge is 2.28. The highest BCUT2D eigenvalue weighted by Crippen LogP contribution is 2.43. The number of fused-ring (bicyclic) bond motifs is 1. The predicted octanol–water partition coefficient (Wildman–Crippen LogP) is 5.25. The minimum absolute atomic E-state index is 0.240. The predicted molar refractivity (Wildman–Crippen MR) is 107 cm³/mol. The van der Waals surface area contributed by atoms with Crippen LogP contribution in [0.1, 0.15) is 74.5 Å². The van der Waals surface area contributed by atoms with Crippen LogP contribution in [0.4, 0.5) is 15.6 Å². The van der Waals surface area contributed by atoms with Gasteiger partial charge in [0.15, 0.2) is 0 Å². The number of nitrogens with one attached hydrogen (secondary N) is 2. The summed E-state index contributed by atoms with van der Waals surface area (Å²) in [5, 5.41) is 17.1. The SMILES string of the molecule is CC(C)(C)OC(=O)Nc1ccc2c(c1)CCCC2Nc1nnc(C2CC2)s1. The van der Waals surface area contributed by atoms with Crippen molar-refractivity contribution in [1.82, 2.24) is 10.2 Å². The molecule has 0 spiro atoms. The number of nitrogens with zero attached hydrogens (tertiary/aromatic N) is 2. The molecule has 0 saturated heterocycles. The van der Waals surface area contributed by atoms with Gasteiger partial charge < -0.3 is 10.1 Å². The molecule has 2 aliphatic rings. The van der Waals surface area contributed by atoms with Crippen molar-refractivity contribution in [3.63, 3.8) is 0 Å². The van der Waals surface area contributed by atoms with E-state index < -0.39 is 11.7 Å². The number of benzene rings is 1. The van der Waals surface area contributed by atoms with Gasteiger partial charge in [0.05, 0.1) is 6.04 Å². The zero-order valence-electron chi connectivity index (χ0n) is 16.0. The number of anilines is 2. The summed E-state index contributed by atoms with van der Waals surface area (Å²) in [5.41, 5.74) is 2.81. The lowest BCUT2D eigenvalue weighted by molar-refractivity contribution is 0.0636. The van der Waals surface area contributed by atoms with Crippen LogP contribution >= 0.6 is 11.3 Å². The second kappa shape index (κ2) is 7.11. The first-order valence-corrected chi connectivity index (χ1v) is 10.4. The second-order valence-corrected chi connectivity index (χ2v) is 9.36. The number of hydrogen-bond acceptors (Lipinski definition) is 6.